The molecule has 0 bridgehead atoms. The van der Waals surface area contributed by atoms with Gasteiger partial charge in [0.15, 0.2) is 5.78 Å². The number of H-pyrrole nitrogens is 1. The van der Waals surface area contributed by atoms with Crippen LogP contribution in [0.2, 0.25) is 0 Å². The number of amides is 1. The Bertz CT molecular complexity index is 572. The fourth-order valence-corrected chi connectivity index (χ4v) is 3.24. The summed E-state index contributed by atoms with van der Waals surface area (Å²) in [6.07, 6.45) is 2.39. The molecule has 0 aliphatic carbocycles. The maximum absolute atomic E-state index is 12.2. The molecule has 6 heteroatoms. The zero-order chi connectivity index (χ0) is 17.0. The van der Waals surface area contributed by atoms with E-state index in [1.54, 1.807) is 6.92 Å². The summed E-state index contributed by atoms with van der Waals surface area (Å²) in [7, 11) is 0. The summed E-state index contributed by atoms with van der Waals surface area (Å²) in [5.41, 5.74) is 2.56. The zero-order valence-electron chi connectivity index (χ0n) is 14.2. The Balaban J connectivity index is 1.79. The maximum atomic E-state index is 12.2. The van der Waals surface area contributed by atoms with Crippen LogP contribution in [0.5, 0.6) is 0 Å². The number of ketones is 1. The number of hydrogen-bond acceptors (Lipinski definition) is 4. The Kier molecular flexibility index (Phi) is 5.96. The van der Waals surface area contributed by atoms with Crippen LogP contribution in [0.15, 0.2) is 0 Å². The standard InChI is InChI=1S/C17H27N3O3/c1-11-15(13(3)21)12(2)19-16(11)17(23)18-7-4-8-20-9-5-14(22)6-10-20/h14,19,22H,4-10H2,1-3H3,(H,18,23). The monoisotopic (exact) mass is 321 g/mol. The van der Waals surface area contributed by atoms with Gasteiger partial charge >= 0.3 is 0 Å². The van der Waals surface area contributed by atoms with Gasteiger partial charge in [-0.3, -0.25) is 9.59 Å². The molecular weight excluding hydrogens is 294 g/mol. The summed E-state index contributed by atoms with van der Waals surface area (Å²) in [6.45, 7) is 8.50. The molecule has 3 N–H and O–H groups in total. The fourth-order valence-electron chi connectivity index (χ4n) is 3.24. The van der Waals surface area contributed by atoms with E-state index in [4.69, 9.17) is 0 Å². The van der Waals surface area contributed by atoms with Gasteiger partial charge in [-0.1, -0.05) is 0 Å². The lowest BCUT2D eigenvalue weighted by Gasteiger charge is -2.29. The van der Waals surface area contributed by atoms with E-state index in [2.05, 4.69) is 15.2 Å². The molecular formula is C17H27N3O3. The Morgan fingerprint density at radius 1 is 1.30 bits per heavy atom. The van der Waals surface area contributed by atoms with Gasteiger partial charge in [0.25, 0.3) is 5.91 Å². The highest BCUT2D eigenvalue weighted by Gasteiger charge is 2.20. The SMILES string of the molecule is CC(=O)c1c(C)[nH]c(C(=O)NCCCN2CCC(O)CC2)c1C. The highest BCUT2D eigenvalue weighted by atomic mass is 16.3. The number of aromatic nitrogens is 1. The number of aromatic amines is 1. The molecule has 0 radical (unpaired) electrons. The average Bonchev–Trinajstić information content (AvgIpc) is 2.80. The number of hydrogen-bond donors (Lipinski definition) is 3. The van der Waals surface area contributed by atoms with Crippen LogP contribution in [0, 0.1) is 13.8 Å². The van der Waals surface area contributed by atoms with Gasteiger partial charge < -0.3 is 20.3 Å². The number of Topliss-reactive ketones (excluding diaryl/α,β-unsaturated/α-hetero) is 1. The van der Waals surface area contributed by atoms with E-state index < -0.39 is 0 Å². The number of aliphatic hydroxyl groups is 1. The van der Waals surface area contributed by atoms with Gasteiger partial charge in [0.2, 0.25) is 0 Å². The molecule has 1 aliphatic rings. The van der Waals surface area contributed by atoms with Crippen molar-refractivity contribution in [3.63, 3.8) is 0 Å². The average molecular weight is 321 g/mol. The number of carbonyl (C=O) groups excluding carboxylic acids is 2. The number of nitrogens with zero attached hydrogens (tertiary/aromatic N) is 1. The molecule has 1 amide bonds. The van der Waals surface area contributed by atoms with Gasteiger partial charge in [-0.15, -0.1) is 0 Å². The molecule has 128 valence electrons. The number of rotatable bonds is 6. The first-order valence-corrected chi connectivity index (χ1v) is 8.29. The molecule has 23 heavy (non-hydrogen) atoms. The van der Waals surface area contributed by atoms with Crippen LogP contribution in [0.3, 0.4) is 0 Å². The van der Waals surface area contributed by atoms with Gasteiger partial charge in [0.1, 0.15) is 5.69 Å². The molecule has 0 saturated carbocycles. The van der Waals surface area contributed by atoms with Crippen molar-refractivity contribution in [1.82, 2.24) is 15.2 Å². The normalized spacial score (nSPS) is 16.5. The first kappa shape index (κ1) is 17.7. The third-order valence-electron chi connectivity index (χ3n) is 4.51. The summed E-state index contributed by atoms with van der Waals surface area (Å²) in [5, 5.41) is 12.4. The Hall–Kier alpha value is -1.66. The van der Waals surface area contributed by atoms with E-state index in [1.165, 1.54) is 6.92 Å². The fraction of sp³-hybridized carbons (Fsp3) is 0.647. The second kappa shape index (κ2) is 7.75. The molecule has 1 fully saturated rings. The highest BCUT2D eigenvalue weighted by Crippen LogP contribution is 2.18. The minimum atomic E-state index is -0.160. The molecule has 0 unspecified atom stereocenters. The molecule has 1 aromatic rings. The van der Waals surface area contributed by atoms with Crippen molar-refractivity contribution in [2.45, 2.75) is 46.1 Å². The topological polar surface area (TPSA) is 85.4 Å². The molecule has 0 atom stereocenters. The van der Waals surface area contributed by atoms with Crippen molar-refractivity contribution in [3.8, 4) is 0 Å². The smallest absolute Gasteiger partial charge is 0.268 e. The van der Waals surface area contributed by atoms with Gasteiger partial charge in [-0.05, 0) is 52.1 Å². The van der Waals surface area contributed by atoms with Crippen molar-refractivity contribution < 1.29 is 14.7 Å². The Morgan fingerprint density at radius 2 is 1.96 bits per heavy atom. The third-order valence-corrected chi connectivity index (χ3v) is 4.51. The van der Waals surface area contributed by atoms with E-state index in [0.717, 1.165) is 50.2 Å². The quantitative estimate of drug-likeness (QED) is 0.546. The first-order valence-electron chi connectivity index (χ1n) is 8.29. The maximum Gasteiger partial charge on any atom is 0.268 e. The molecule has 1 saturated heterocycles. The van der Waals surface area contributed by atoms with Crippen molar-refractivity contribution in [3.05, 3.63) is 22.5 Å². The lowest BCUT2D eigenvalue weighted by atomic mass is 10.1. The van der Waals surface area contributed by atoms with Crippen LogP contribution in [-0.4, -0.2) is 59.0 Å². The minimum Gasteiger partial charge on any atom is -0.393 e. The first-order chi connectivity index (χ1) is 10.9. The van der Waals surface area contributed by atoms with Crippen molar-refractivity contribution in [2.24, 2.45) is 0 Å². The largest absolute Gasteiger partial charge is 0.393 e. The van der Waals surface area contributed by atoms with Gasteiger partial charge in [0.05, 0.1) is 6.10 Å². The van der Waals surface area contributed by atoms with Crippen LogP contribution in [-0.2, 0) is 0 Å². The summed E-state index contributed by atoms with van der Waals surface area (Å²) >= 11 is 0. The summed E-state index contributed by atoms with van der Waals surface area (Å²) < 4.78 is 0. The van der Waals surface area contributed by atoms with E-state index in [0.29, 0.717) is 17.8 Å². The molecule has 0 aromatic carbocycles. The molecule has 6 nitrogen and oxygen atoms in total. The lowest BCUT2D eigenvalue weighted by molar-refractivity contribution is 0.0816. The van der Waals surface area contributed by atoms with Crippen LogP contribution in [0.4, 0.5) is 0 Å². The molecule has 1 aromatic heterocycles. The minimum absolute atomic E-state index is 0.0254. The van der Waals surface area contributed by atoms with Crippen molar-refractivity contribution in [1.29, 1.82) is 0 Å². The molecule has 2 rings (SSSR count). The number of carbonyl (C=O) groups is 2. The highest BCUT2D eigenvalue weighted by molar-refractivity contribution is 6.02. The molecule has 2 heterocycles. The van der Waals surface area contributed by atoms with Crippen LogP contribution < -0.4 is 5.32 Å². The van der Waals surface area contributed by atoms with Gasteiger partial charge in [-0.2, -0.15) is 0 Å². The Morgan fingerprint density at radius 3 is 2.52 bits per heavy atom. The molecule has 0 spiro atoms. The Labute approximate surface area is 137 Å². The van der Waals surface area contributed by atoms with E-state index >= 15 is 0 Å². The van der Waals surface area contributed by atoms with Crippen molar-refractivity contribution in [2.75, 3.05) is 26.2 Å². The van der Waals surface area contributed by atoms with E-state index in [1.807, 2.05) is 6.92 Å². The number of piperidine rings is 1. The lowest BCUT2D eigenvalue weighted by Crippen LogP contribution is -2.37. The summed E-state index contributed by atoms with van der Waals surface area (Å²) in [5.74, 6) is -0.185. The molecule has 1 aliphatic heterocycles. The summed E-state index contributed by atoms with van der Waals surface area (Å²) in [6, 6.07) is 0. The van der Waals surface area contributed by atoms with Crippen molar-refractivity contribution >= 4 is 11.7 Å². The second-order valence-corrected chi connectivity index (χ2v) is 6.36. The van der Waals surface area contributed by atoms with E-state index in [-0.39, 0.29) is 17.8 Å². The zero-order valence-corrected chi connectivity index (χ0v) is 14.2. The van der Waals surface area contributed by atoms with Crippen LogP contribution in [0.25, 0.3) is 0 Å². The summed E-state index contributed by atoms with van der Waals surface area (Å²) in [4.78, 5) is 29.2. The van der Waals surface area contributed by atoms with Gasteiger partial charge in [-0.25, -0.2) is 0 Å². The number of nitrogens with one attached hydrogen (secondary N) is 2. The van der Waals surface area contributed by atoms with Crippen LogP contribution >= 0.6 is 0 Å². The number of aliphatic hydroxyl groups excluding tert-OH is 1. The predicted molar refractivity (Wildman–Crippen MR) is 88.9 cm³/mol. The number of aryl methyl sites for hydroxylation is 1. The number of likely N-dealkylation sites (tertiary alicyclic amines) is 1. The van der Waals surface area contributed by atoms with Gasteiger partial charge in [0, 0.05) is 30.9 Å². The van der Waals surface area contributed by atoms with Crippen LogP contribution in [0.1, 0.15) is 58.3 Å². The second-order valence-electron chi connectivity index (χ2n) is 6.36. The van der Waals surface area contributed by atoms with E-state index in [9.17, 15) is 14.7 Å². The third kappa shape index (κ3) is 4.42. The predicted octanol–water partition coefficient (Wildman–Crippen LogP) is 1.41.